The van der Waals surface area contributed by atoms with Crippen molar-refractivity contribution >= 4 is 42.2 Å². The van der Waals surface area contributed by atoms with E-state index in [1.165, 1.54) is 0 Å². The largest absolute Gasteiger partial charge is 0.488 e. The second-order valence-corrected chi connectivity index (χ2v) is 15.4. The number of ether oxygens (including phenoxy) is 1. The van der Waals surface area contributed by atoms with E-state index in [9.17, 15) is 0 Å². The Morgan fingerprint density at radius 2 is 1.55 bits per heavy atom. The molecule has 5 heteroatoms. The van der Waals surface area contributed by atoms with Gasteiger partial charge in [-0.05, 0) is 28.3 Å². The molecular weight excluding hydrogens is 441 g/mol. The molecule has 3 rings (SSSR count). The van der Waals surface area contributed by atoms with Crippen molar-refractivity contribution in [2.24, 2.45) is 0 Å². The SMILES string of the molecule is CC(C)[Si](C#Cn1ccc2c(OCc3ccccc3)cc(Cl)c(Cl)c21)(C(C)C)C(C)C. The molecule has 0 atom stereocenters. The Balaban J connectivity index is 2.06. The lowest BCUT2D eigenvalue weighted by Gasteiger charge is -2.37. The molecule has 0 fully saturated rings. The summed E-state index contributed by atoms with van der Waals surface area (Å²) in [6.07, 6.45) is 1.97. The van der Waals surface area contributed by atoms with Crippen LogP contribution in [0.15, 0.2) is 48.7 Å². The average Bonchev–Trinajstić information content (AvgIpc) is 3.14. The van der Waals surface area contributed by atoms with E-state index < -0.39 is 8.07 Å². The molecular formula is C26H31Cl2NOSi. The van der Waals surface area contributed by atoms with Gasteiger partial charge in [0.15, 0.2) is 0 Å². The fourth-order valence-electron chi connectivity index (χ4n) is 4.76. The highest BCUT2D eigenvalue weighted by Gasteiger charge is 2.41. The van der Waals surface area contributed by atoms with Crippen LogP contribution in [0.3, 0.4) is 0 Å². The molecule has 0 aliphatic heterocycles. The molecule has 31 heavy (non-hydrogen) atoms. The molecule has 2 aromatic carbocycles. The minimum atomic E-state index is -1.86. The van der Waals surface area contributed by atoms with Crippen molar-refractivity contribution in [2.75, 3.05) is 0 Å². The predicted octanol–water partition coefficient (Wildman–Crippen LogP) is 8.55. The molecule has 0 spiro atoms. The Bertz CT molecular complexity index is 1090. The van der Waals surface area contributed by atoms with Crippen LogP contribution in [0.5, 0.6) is 5.75 Å². The number of hydrogen-bond acceptors (Lipinski definition) is 1. The lowest BCUT2D eigenvalue weighted by Crippen LogP contribution is -2.43. The monoisotopic (exact) mass is 471 g/mol. The maximum Gasteiger partial charge on any atom is 0.148 e. The first-order chi connectivity index (χ1) is 14.7. The highest BCUT2D eigenvalue weighted by Crippen LogP contribution is 2.41. The van der Waals surface area contributed by atoms with Crippen LogP contribution in [-0.2, 0) is 6.61 Å². The van der Waals surface area contributed by atoms with Crippen LogP contribution < -0.4 is 4.74 Å². The van der Waals surface area contributed by atoms with Crippen LogP contribution in [0.25, 0.3) is 10.9 Å². The third kappa shape index (κ3) is 4.67. The van der Waals surface area contributed by atoms with Gasteiger partial charge in [-0.25, -0.2) is 0 Å². The molecule has 0 radical (unpaired) electrons. The van der Waals surface area contributed by atoms with Crippen molar-refractivity contribution < 1.29 is 4.74 Å². The zero-order valence-electron chi connectivity index (χ0n) is 19.2. The van der Waals surface area contributed by atoms with E-state index in [1.54, 1.807) is 6.07 Å². The van der Waals surface area contributed by atoms with Crippen LogP contribution in [0, 0.1) is 11.6 Å². The molecule has 164 valence electrons. The van der Waals surface area contributed by atoms with E-state index >= 15 is 0 Å². The third-order valence-electron chi connectivity index (χ3n) is 6.32. The van der Waals surface area contributed by atoms with Gasteiger partial charge in [-0.2, -0.15) is 0 Å². The Morgan fingerprint density at radius 1 is 0.935 bits per heavy atom. The van der Waals surface area contributed by atoms with Crippen molar-refractivity contribution in [1.29, 1.82) is 0 Å². The van der Waals surface area contributed by atoms with E-state index in [2.05, 4.69) is 53.1 Å². The van der Waals surface area contributed by atoms with Gasteiger partial charge in [-0.15, -0.1) is 5.54 Å². The predicted molar refractivity (Wildman–Crippen MR) is 137 cm³/mol. The summed E-state index contributed by atoms with van der Waals surface area (Å²) in [6.45, 7) is 14.3. The van der Waals surface area contributed by atoms with Crippen molar-refractivity contribution in [3.05, 3.63) is 64.3 Å². The third-order valence-corrected chi connectivity index (χ3v) is 13.4. The lowest BCUT2D eigenvalue weighted by molar-refractivity contribution is 0.310. The van der Waals surface area contributed by atoms with Gasteiger partial charge in [-0.3, -0.25) is 4.57 Å². The summed E-state index contributed by atoms with van der Waals surface area (Å²) in [7, 11) is -1.86. The summed E-state index contributed by atoms with van der Waals surface area (Å²) in [6, 6.07) is 17.3. The van der Waals surface area contributed by atoms with Gasteiger partial charge < -0.3 is 4.74 Å². The molecule has 1 aromatic heterocycles. The van der Waals surface area contributed by atoms with Gasteiger partial charge in [0.2, 0.25) is 0 Å². The summed E-state index contributed by atoms with van der Waals surface area (Å²) >= 11 is 13.1. The van der Waals surface area contributed by atoms with Gasteiger partial charge in [0, 0.05) is 23.7 Å². The molecule has 0 saturated carbocycles. The summed E-state index contributed by atoms with van der Waals surface area (Å²) in [4.78, 5) is 0. The fraction of sp³-hybridized carbons (Fsp3) is 0.385. The van der Waals surface area contributed by atoms with Crippen LogP contribution >= 0.6 is 23.2 Å². The summed E-state index contributed by atoms with van der Waals surface area (Å²) in [5.74, 6) is 0.717. The van der Waals surface area contributed by atoms with Crippen molar-refractivity contribution in [3.63, 3.8) is 0 Å². The van der Waals surface area contributed by atoms with Gasteiger partial charge in [0.05, 0.1) is 15.6 Å². The molecule has 1 heterocycles. The first-order valence-corrected chi connectivity index (χ1v) is 13.9. The Morgan fingerprint density at radius 3 is 2.13 bits per heavy atom. The number of nitrogens with zero attached hydrogens (tertiary/aromatic N) is 1. The van der Waals surface area contributed by atoms with Crippen LogP contribution in [0.2, 0.25) is 26.7 Å². The zero-order valence-corrected chi connectivity index (χ0v) is 21.7. The molecule has 0 aliphatic rings. The maximum absolute atomic E-state index is 6.63. The smallest absolute Gasteiger partial charge is 0.148 e. The molecule has 3 aromatic rings. The minimum Gasteiger partial charge on any atom is -0.488 e. The summed E-state index contributed by atoms with van der Waals surface area (Å²) < 4.78 is 8.04. The van der Waals surface area contributed by atoms with Gasteiger partial charge in [0.1, 0.15) is 20.4 Å². The van der Waals surface area contributed by atoms with Crippen LogP contribution in [0.4, 0.5) is 0 Å². The van der Waals surface area contributed by atoms with E-state index in [0.717, 1.165) is 16.5 Å². The number of rotatable bonds is 6. The highest BCUT2D eigenvalue weighted by molar-refractivity contribution is 6.90. The van der Waals surface area contributed by atoms with Gasteiger partial charge in [0.25, 0.3) is 0 Å². The Kier molecular flexibility index (Phi) is 7.47. The first-order valence-electron chi connectivity index (χ1n) is 10.9. The van der Waals surface area contributed by atoms with Crippen molar-refractivity contribution in [2.45, 2.75) is 64.8 Å². The minimum absolute atomic E-state index is 0.467. The maximum atomic E-state index is 6.63. The Hall–Kier alpha value is -1.86. The van der Waals surface area contributed by atoms with E-state index in [4.69, 9.17) is 27.9 Å². The van der Waals surface area contributed by atoms with Crippen LogP contribution in [-0.4, -0.2) is 12.6 Å². The van der Waals surface area contributed by atoms with Crippen LogP contribution in [0.1, 0.15) is 47.1 Å². The highest BCUT2D eigenvalue weighted by atomic mass is 35.5. The molecule has 0 N–H and O–H groups in total. The van der Waals surface area contributed by atoms with E-state index in [0.29, 0.717) is 39.0 Å². The zero-order chi connectivity index (χ0) is 22.8. The number of hydrogen-bond donors (Lipinski definition) is 0. The number of fused-ring (bicyclic) bond motifs is 1. The molecule has 0 aliphatic carbocycles. The van der Waals surface area contributed by atoms with Crippen molar-refractivity contribution in [1.82, 2.24) is 4.57 Å². The van der Waals surface area contributed by atoms with E-state index in [-0.39, 0.29) is 0 Å². The quantitative estimate of drug-likeness (QED) is 0.259. The second-order valence-electron chi connectivity index (χ2n) is 9.03. The molecule has 0 saturated heterocycles. The average molecular weight is 473 g/mol. The Labute approximate surface area is 197 Å². The number of benzene rings is 2. The lowest BCUT2D eigenvalue weighted by atomic mass is 10.2. The van der Waals surface area contributed by atoms with E-state index in [1.807, 2.05) is 47.2 Å². The van der Waals surface area contributed by atoms with Gasteiger partial charge >= 0.3 is 0 Å². The second kappa shape index (κ2) is 9.73. The molecule has 0 amide bonds. The molecule has 2 nitrogen and oxygen atoms in total. The molecule has 0 bridgehead atoms. The number of halogens is 2. The fourth-order valence-corrected chi connectivity index (χ4v) is 10.4. The molecule has 0 unspecified atom stereocenters. The normalized spacial score (nSPS) is 12.0. The van der Waals surface area contributed by atoms with Crippen molar-refractivity contribution in [3.8, 4) is 17.3 Å². The van der Waals surface area contributed by atoms with Gasteiger partial charge in [-0.1, -0.05) is 95.1 Å². The topological polar surface area (TPSA) is 14.2 Å². The number of aromatic nitrogens is 1. The first kappa shape index (κ1) is 23.8. The summed E-state index contributed by atoms with van der Waals surface area (Å²) in [5.41, 5.74) is 7.35. The summed E-state index contributed by atoms with van der Waals surface area (Å²) in [5, 5.41) is 1.90. The standard InChI is InChI=1S/C26H31Cl2NOSi/c1-18(2)31(19(3)4,20(5)6)15-14-29-13-12-22-24(16-23(27)25(28)26(22)29)30-17-21-10-8-7-9-11-21/h7-13,16,18-20H,17H2,1-6H3.